The average Bonchev–Trinajstić information content (AvgIpc) is 3.69. The number of likely N-dealkylation sites (tertiary alicyclic amines) is 1. The number of ether oxygens (including phenoxy) is 4. The summed E-state index contributed by atoms with van der Waals surface area (Å²) in [6.45, 7) is 20.9. The van der Waals surface area contributed by atoms with Crippen LogP contribution in [0, 0.1) is 29.6 Å². The fraction of sp³-hybridized carbons (Fsp3) is 0.842. The second kappa shape index (κ2) is 21.4. The molecular formula is C38H67N3O8Si. The third-order valence-corrected chi connectivity index (χ3v) is 19.2. The van der Waals surface area contributed by atoms with Crippen molar-refractivity contribution in [2.45, 2.75) is 103 Å². The first-order valence-corrected chi connectivity index (χ1v) is 21.8. The van der Waals surface area contributed by atoms with Crippen LogP contribution in [0.2, 0.25) is 22.7 Å². The van der Waals surface area contributed by atoms with Crippen LogP contribution in [0.3, 0.4) is 0 Å². The highest BCUT2D eigenvalue weighted by molar-refractivity contribution is 6.83. The zero-order chi connectivity index (χ0) is 36.7. The molecule has 50 heavy (non-hydrogen) atoms. The highest BCUT2D eigenvalue weighted by atomic mass is 28.3. The van der Waals surface area contributed by atoms with Crippen LogP contribution in [-0.4, -0.2) is 109 Å². The number of allylic oxidation sites excluding steroid dienone is 2. The second-order valence-electron chi connectivity index (χ2n) is 15.2. The number of nitrogens with zero attached hydrogens (tertiary/aromatic N) is 1. The number of amides is 4. The van der Waals surface area contributed by atoms with E-state index in [1.807, 2.05) is 6.92 Å². The van der Waals surface area contributed by atoms with Crippen molar-refractivity contribution in [2.75, 3.05) is 72.5 Å². The van der Waals surface area contributed by atoms with Crippen LogP contribution < -0.4 is 10.6 Å². The molecule has 286 valence electrons. The zero-order valence-corrected chi connectivity index (χ0v) is 33.0. The van der Waals surface area contributed by atoms with Gasteiger partial charge in [-0.25, -0.2) is 0 Å². The summed E-state index contributed by atoms with van der Waals surface area (Å²) in [4.78, 5) is 52.3. The lowest BCUT2D eigenvalue weighted by Crippen LogP contribution is -2.44. The van der Waals surface area contributed by atoms with Crippen LogP contribution in [0.1, 0.15) is 80.6 Å². The number of imide groups is 1. The van der Waals surface area contributed by atoms with E-state index in [0.717, 1.165) is 29.5 Å². The highest BCUT2D eigenvalue weighted by Crippen LogP contribution is 2.58. The first-order valence-electron chi connectivity index (χ1n) is 19.3. The van der Waals surface area contributed by atoms with E-state index >= 15 is 0 Å². The molecular weight excluding hydrogens is 655 g/mol. The van der Waals surface area contributed by atoms with Gasteiger partial charge in [-0.3, -0.25) is 24.1 Å². The van der Waals surface area contributed by atoms with Crippen LogP contribution in [0.15, 0.2) is 12.2 Å². The van der Waals surface area contributed by atoms with E-state index in [4.69, 9.17) is 18.9 Å². The van der Waals surface area contributed by atoms with Gasteiger partial charge in [0.15, 0.2) is 0 Å². The summed E-state index contributed by atoms with van der Waals surface area (Å²) in [5.74, 6) is -0.224. The summed E-state index contributed by atoms with van der Waals surface area (Å²) in [6, 6.07) is 1.31. The van der Waals surface area contributed by atoms with E-state index in [-0.39, 0.29) is 60.3 Å². The molecule has 0 aromatic heterocycles. The lowest BCUT2D eigenvalue weighted by Gasteiger charge is -2.43. The molecule has 11 nitrogen and oxygen atoms in total. The lowest BCUT2D eigenvalue weighted by atomic mass is 9.85. The Labute approximate surface area is 302 Å². The largest absolute Gasteiger partial charge is 0.379 e. The molecule has 2 aliphatic carbocycles. The molecule has 0 spiro atoms. The van der Waals surface area contributed by atoms with E-state index in [2.05, 4.69) is 64.3 Å². The van der Waals surface area contributed by atoms with Crippen molar-refractivity contribution < 1.29 is 38.1 Å². The number of rotatable bonds is 27. The second-order valence-corrected chi connectivity index (χ2v) is 21.4. The number of hydrogen-bond acceptors (Lipinski definition) is 8. The summed E-state index contributed by atoms with van der Waals surface area (Å²) in [7, 11) is -1.47. The quantitative estimate of drug-likeness (QED) is 0.0527. The molecule has 0 aromatic carbocycles. The standard InChI is InChI=1S/C38H67N3O8Si/c1-8-15-39-34(43)14-18-46-20-22-48-24-25-49-23-21-47-19-16-40-33(42)13-17-41-37(44)35-31-11-12-32(36(35)38(41)45)30(31)10-9-26-50(27(2)3,28(4)5)29(6)7/h11-12,27-32,35-36H,8-10,13-26H2,1-7H3,(H,39,43)(H,40,42). The molecule has 0 aromatic rings. The van der Waals surface area contributed by atoms with Gasteiger partial charge < -0.3 is 29.6 Å². The van der Waals surface area contributed by atoms with Gasteiger partial charge in [0.25, 0.3) is 0 Å². The molecule has 4 amide bonds. The molecule has 1 heterocycles. The minimum atomic E-state index is -1.47. The first kappa shape index (κ1) is 42.3. The van der Waals surface area contributed by atoms with Gasteiger partial charge in [0.05, 0.1) is 72.8 Å². The Bertz CT molecular complexity index is 1060. The molecule has 1 aliphatic heterocycles. The number of hydrogen-bond donors (Lipinski definition) is 2. The Kier molecular flexibility index (Phi) is 18.1. The van der Waals surface area contributed by atoms with Gasteiger partial charge in [0.1, 0.15) is 0 Å². The molecule has 1 saturated heterocycles. The maximum atomic E-state index is 13.5. The van der Waals surface area contributed by atoms with Crippen LogP contribution in [0.25, 0.3) is 0 Å². The third kappa shape index (κ3) is 11.2. The summed E-state index contributed by atoms with van der Waals surface area (Å²) in [5.41, 5.74) is 2.21. The molecule has 4 atom stereocenters. The summed E-state index contributed by atoms with van der Waals surface area (Å²) in [6.07, 6.45) is 8.03. The zero-order valence-electron chi connectivity index (χ0n) is 32.0. The molecule has 4 unspecified atom stereocenters. The van der Waals surface area contributed by atoms with Crippen molar-refractivity contribution in [3.8, 4) is 0 Å². The maximum absolute atomic E-state index is 13.5. The number of fused-ring (bicyclic) bond motifs is 5. The first-order chi connectivity index (χ1) is 24.0. The van der Waals surface area contributed by atoms with E-state index in [0.29, 0.717) is 78.3 Å². The predicted octanol–water partition coefficient (Wildman–Crippen LogP) is 4.97. The topological polar surface area (TPSA) is 132 Å². The lowest BCUT2D eigenvalue weighted by molar-refractivity contribution is -0.141. The molecule has 0 radical (unpaired) electrons. The Morgan fingerprint density at radius 2 is 1.16 bits per heavy atom. The number of nitrogens with one attached hydrogen (secondary N) is 2. The molecule has 2 N–H and O–H groups in total. The molecule has 2 bridgehead atoms. The molecule has 12 heteroatoms. The maximum Gasteiger partial charge on any atom is 0.233 e. The SMILES string of the molecule is CCCNC(=O)CCOCCOCCOCCOCCNC(=O)CCN1C(=O)C2C3C=CC(C3CCC[Si](C(C)C)(C(C)C)C(C)C)C2C1=O. The monoisotopic (exact) mass is 721 g/mol. The Balaban J connectivity index is 1.22. The van der Waals surface area contributed by atoms with Gasteiger partial charge in [0, 0.05) is 32.5 Å². The normalized spacial score (nSPS) is 22.8. The van der Waals surface area contributed by atoms with Gasteiger partial charge in [-0.05, 0) is 30.6 Å². The van der Waals surface area contributed by atoms with Crippen molar-refractivity contribution in [1.82, 2.24) is 15.5 Å². The third-order valence-electron chi connectivity index (χ3n) is 11.5. The van der Waals surface area contributed by atoms with Gasteiger partial charge in [-0.2, -0.15) is 0 Å². The van der Waals surface area contributed by atoms with E-state index < -0.39 is 8.07 Å². The van der Waals surface area contributed by atoms with E-state index in [1.54, 1.807) is 0 Å². The Morgan fingerprint density at radius 3 is 1.66 bits per heavy atom. The minimum Gasteiger partial charge on any atom is -0.379 e. The summed E-state index contributed by atoms with van der Waals surface area (Å²) in [5, 5.41) is 5.63. The van der Waals surface area contributed by atoms with Gasteiger partial charge in [0.2, 0.25) is 23.6 Å². The minimum absolute atomic E-state index is 0.00109. The van der Waals surface area contributed by atoms with Crippen molar-refractivity contribution in [1.29, 1.82) is 0 Å². The van der Waals surface area contributed by atoms with Gasteiger partial charge >= 0.3 is 0 Å². The van der Waals surface area contributed by atoms with Crippen molar-refractivity contribution in [2.24, 2.45) is 29.6 Å². The van der Waals surface area contributed by atoms with Crippen molar-refractivity contribution >= 4 is 31.7 Å². The van der Waals surface area contributed by atoms with E-state index in [9.17, 15) is 19.2 Å². The van der Waals surface area contributed by atoms with Crippen molar-refractivity contribution in [3.05, 3.63) is 12.2 Å². The van der Waals surface area contributed by atoms with Crippen LogP contribution >= 0.6 is 0 Å². The molecule has 2 fully saturated rings. The molecule has 3 aliphatic rings. The fourth-order valence-corrected chi connectivity index (χ4v) is 15.7. The Morgan fingerprint density at radius 1 is 0.700 bits per heavy atom. The van der Waals surface area contributed by atoms with Crippen LogP contribution in [-0.2, 0) is 38.1 Å². The van der Waals surface area contributed by atoms with Crippen LogP contribution in [0.5, 0.6) is 0 Å². The fourth-order valence-electron chi connectivity index (χ4n) is 9.11. The van der Waals surface area contributed by atoms with Gasteiger partial charge in [-0.15, -0.1) is 0 Å². The number of carbonyl (C=O) groups is 4. The summed E-state index contributed by atoms with van der Waals surface area (Å²) >= 11 is 0. The predicted molar refractivity (Wildman–Crippen MR) is 197 cm³/mol. The number of carbonyl (C=O) groups excluding carboxylic acids is 4. The highest BCUT2D eigenvalue weighted by Gasteiger charge is 2.63. The van der Waals surface area contributed by atoms with Crippen molar-refractivity contribution in [3.63, 3.8) is 0 Å². The van der Waals surface area contributed by atoms with Gasteiger partial charge in [-0.1, -0.05) is 89.7 Å². The van der Waals surface area contributed by atoms with Crippen LogP contribution in [0.4, 0.5) is 0 Å². The van der Waals surface area contributed by atoms with E-state index in [1.165, 1.54) is 17.4 Å². The molecule has 3 rings (SSSR count). The smallest absolute Gasteiger partial charge is 0.233 e. The Hall–Kier alpha value is -2.12. The average molecular weight is 722 g/mol. The summed E-state index contributed by atoms with van der Waals surface area (Å²) < 4.78 is 21.8. The molecule has 1 saturated carbocycles.